The van der Waals surface area contributed by atoms with Crippen LogP contribution in [0, 0.1) is 11.8 Å². The van der Waals surface area contributed by atoms with Crippen molar-refractivity contribution >= 4 is 17.7 Å². The molecule has 0 aliphatic carbocycles. The fourth-order valence-electron chi connectivity index (χ4n) is 3.07. The van der Waals surface area contributed by atoms with Crippen molar-refractivity contribution in [2.24, 2.45) is 11.8 Å². The first-order valence-corrected chi connectivity index (χ1v) is 9.09. The quantitative estimate of drug-likeness (QED) is 0.773. The van der Waals surface area contributed by atoms with Crippen molar-refractivity contribution in [3.8, 4) is 0 Å². The van der Waals surface area contributed by atoms with E-state index in [2.05, 4.69) is 29.4 Å². The van der Waals surface area contributed by atoms with Crippen LogP contribution in [-0.4, -0.2) is 61.1 Å². The molecule has 0 radical (unpaired) electrons. The van der Waals surface area contributed by atoms with Gasteiger partial charge in [-0.05, 0) is 24.8 Å². The van der Waals surface area contributed by atoms with Gasteiger partial charge in [-0.3, -0.25) is 4.79 Å². The molecule has 0 spiro atoms. The number of carbonyl (C=O) groups is 1. The molecule has 20 heavy (non-hydrogen) atoms. The van der Waals surface area contributed by atoms with Crippen LogP contribution in [-0.2, 0) is 4.79 Å². The zero-order valence-corrected chi connectivity index (χ0v) is 13.7. The molecule has 2 aliphatic heterocycles. The summed E-state index contributed by atoms with van der Waals surface area (Å²) in [4.78, 5) is 14.5. The number of hydrogen-bond donors (Lipinski definition) is 2. The third kappa shape index (κ3) is 5.62. The molecule has 0 bridgehead atoms. The van der Waals surface area contributed by atoms with E-state index in [-0.39, 0.29) is 5.91 Å². The molecular formula is C15H29N3OS. The Kier molecular flexibility index (Phi) is 6.65. The molecule has 4 nitrogen and oxygen atoms in total. The third-order valence-electron chi connectivity index (χ3n) is 4.01. The number of amides is 1. The minimum atomic E-state index is 0.215. The molecule has 2 saturated heterocycles. The van der Waals surface area contributed by atoms with Gasteiger partial charge in [0.2, 0.25) is 5.91 Å². The Morgan fingerprint density at radius 2 is 2.35 bits per heavy atom. The lowest BCUT2D eigenvalue weighted by Gasteiger charge is -2.23. The molecule has 2 N–H and O–H groups in total. The van der Waals surface area contributed by atoms with Gasteiger partial charge in [0.1, 0.15) is 0 Å². The van der Waals surface area contributed by atoms with Crippen molar-refractivity contribution in [2.75, 3.05) is 44.2 Å². The van der Waals surface area contributed by atoms with Gasteiger partial charge in [-0.15, -0.1) is 0 Å². The third-order valence-corrected chi connectivity index (χ3v) is 5.14. The number of rotatable bonds is 6. The number of nitrogens with one attached hydrogen (secondary N) is 2. The number of nitrogens with zero attached hydrogens (tertiary/aromatic N) is 1. The molecule has 0 aromatic rings. The Morgan fingerprint density at radius 3 is 3.05 bits per heavy atom. The summed E-state index contributed by atoms with van der Waals surface area (Å²) in [7, 11) is 0. The highest BCUT2D eigenvalue weighted by Gasteiger charge is 2.23. The Morgan fingerprint density at radius 1 is 1.50 bits per heavy atom. The zero-order valence-electron chi connectivity index (χ0n) is 12.9. The lowest BCUT2D eigenvalue weighted by atomic mass is 10.1. The molecule has 2 fully saturated rings. The van der Waals surface area contributed by atoms with Gasteiger partial charge in [-0.2, -0.15) is 11.8 Å². The van der Waals surface area contributed by atoms with E-state index in [9.17, 15) is 4.79 Å². The van der Waals surface area contributed by atoms with E-state index < -0.39 is 0 Å². The van der Waals surface area contributed by atoms with Crippen LogP contribution in [0.25, 0.3) is 0 Å². The average Bonchev–Trinajstić information content (AvgIpc) is 2.84. The van der Waals surface area contributed by atoms with Crippen molar-refractivity contribution in [3.05, 3.63) is 0 Å². The monoisotopic (exact) mass is 299 g/mol. The standard InChI is InChI=1S/C15H29N3OS/c1-12(2)9-18-5-3-13(10-18)8-17-15(19)7-14-11-20-6-4-16-14/h12-14,16H,3-11H2,1-2H3,(H,17,19). The van der Waals surface area contributed by atoms with Gasteiger partial charge in [-0.1, -0.05) is 13.8 Å². The normalized spacial score (nSPS) is 27.9. The van der Waals surface area contributed by atoms with Crippen LogP contribution in [0.3, 0.4) is 0 Å². The molecule has 116 valence electrons. The molecule has 2 aliphatic rings. The van der Waals surface area contributed by atoms with E-state index in [0.29, 0.717) is 18.4 Å². The van der Waals surface area contributed by atoms with Crippen molar-refractivity contribution in [3.63, 3.8) is 0 Å². The van der Waals surface area contributed by atoms with Crippen LogP contribution in [0.4, 0.5) is 0 Å². The molecule has 0 saturated carbocycles. The largest absolute Gasteiger partial charge is 0.356 e. The SMILES string of the molecule is CC(C)CN1CCC(CNC(=O)CC2CSCCN2)C1. The lowest BCUT2D eigenvalue weighted by Crippen LogP contribution is -2.42. The molecule has 2 unspecified atom stereocenters. The minimum Gasteiger partial charge on any atom is -0.356 e. The molecule has 2 heterocycles. The zero-order chi connectivity index (χ0) is 14.4. The van der Waals surface area contributed by atoms with Crippen molar-refractivity contribution in [2.45, 2.75) is 32.7 Å². The van der Waals surface area contributed by atoms with Crippen molar-refractivity contribution in [1.82, 2.24) is 15.5 Å². The summed E-state index contributed by atoms with van der Waals surface area (Å²) in [5.74, 6) is 3.84. The second-order valence-electron chi connectivity index (χ2n) is 6.54. The molecule has 5 heteroatoms. The molecule has 0 aromatic carbocycles. The topological polar surface area (TPSA) is 44.4 Å². The highest BCUT2D eigenvalue weighted by Crippen LogP contribution is 2.17. The number of hydrogen-bond acceptors (Lipinski definition) is 4. The predicted octanol–water partition coefficient (Wildman–Crippen LogP) is 1.18. The maximum Gasteiger partial charge on any atom is 0.221 e. The van der Waals surface area contributed by atoms with E-state index >= 15 is 0 Å². The maximum absolute atomic E-state index is 12.0. The number of carbonyl (C=O) groups excluding carboxylic acids is 1. The predicted molar refractivity (Wildman–Crippen MR) is 86.1 cm³/mol. The Bertz CT molecular complexity index is 305. The van der Waals surface area contributed by atoms with Crippen LogP contribution in [0.5, 0.6) is 0 Å². The lowest BCUT2D eigenvalue weighted by molar-refractivity contribution is -0.121. The van der Waals surface area contributed by atoms with Gasteiger partial charge in [0.15, 0.2) is 0 Å². The molecular weight excluding hydrogens is 270 g/mol. The molecule has 2 rings (SSSR count). The summed E-state index contributed by atoms with van der Waals surface area (Å²) in [5, 5.41) is 6.55. The van der Waals surface area contributed by atoms with Crippen LogP contribution in [0.1, 0.15) is 26.7 Å². The van der Waals surface area contributed by atoms with Crippen molar-refractivity contribution < 1.29 is 4.79 Å². The van der Waals surface area contributed by atoms with E-state index in [1.165, 1.54) is 25.3 Å². The Labute approximate surface area is 127 Å². The highest BCUT2D eigenvalue weighted by molar-refractivity contribution is 7.99. The summed E-state index contributed by atoms with van der Waals surface area (Å²) in [6.07, 6.45) is 1.86. The first-order valence-electron chi connectivity index (χ1n) is 7.93. The van der Waals surface area contributed by atoms with Gasteiger partial charge in [0.05, 0.1) is 0 Å². The van der Waals surface area contributed by atoms with Gasteiger partial charge in [0, 0.05) is 50.1 Å². The van der Waals surface area contributed by atoms with Crippen LogP contribution in [0.15, 0.2) is 0 Å². The first-order chi connectivity index (χ1) is 9.63. The van der Waals surface area contributed by atoms with Crippen LogP contribution in [0.2, 0.25) is 0 Å². The van der Waals surface area contributed by atoms with E-state index in [1.54, 1.807) is 0 Å². The molecule has 2 atom stereocenters. The van der Waals surface area contributed by atoms with Gasteiger partial charge in [-0.25, -0.2) is 0 Å². The number of thioether (sulfide) groups is 1. The Hall–Kier alpha value is -0.260. The second-order valence-corrected chi connectivity index (χ2v) is 7.69. The summed E-state index contributed by atoms with van der Waals surface area (Å²) in [6, 6.07) is 0.370. The number of likely N-dealkylation sites (tertiary alicyclic amines) is 1. The first kappa shape index (κ1) is 16.1. The summed E-state index contributed by atoms with van der Waals surface area (Å²) >= 11 is 1.95. The molecule has 1 amide bonds. The van der Waals surface area contributed by atoms with Gasteiger partial charge < -0.3 is 15.5 Å². The summed E-state index contributed by atoms with van der Waals surface area (Å²) < 4.78 is 0. The van der Waals surface area contributed by atoms with Gasteiger partial charge >= 0.3 is 0 Å². The van der Waals surface area contributed by atoms with E-state index in [1.807, 2.05) is 11.8 Å². The molecule has 0 aromatic heterocycles. The smallest absolute Gasteiger partial charge is 0.221 e. The van der Waals surface area contributed by atoms with E-state index in [0.717, 1.165) is 31.3 Å². The van der Waals surface area contributed by atoms with Crippen LogP contribution < -0.4 is 10.6 Å². The average molecular weight is 299 g/mol. The second kappa shape index (κ2) is 8.25. The Balaban J connectivity index is 1.59. The summed E-state index contributed by atoms with van der Waals surface area (Å²) in [6.45, 7) is 9.96. The van der Waals surface area contributed by atoms with Crippen LogP contribution >= 0.6 is 11.8 Å². The fourth-order valence-corrected chi connectivity index (χ4v) is 4.02. The van der Waals surface area contributed by atoms with Gasteiger partial charge in [0.25, 0.3) is 0 Å². The minimum absolute atomic E-state index is 0.215. The van der Waals surface area contributed by atoms with Crippen molar-refractivity contribution in [1.29, 1.82) is 0 Å². The summed E-state index contributed by atoms with van der Waals surface area (Å²) in [5.41, 5.74) is 0. The van der Waals surface area contributed by atoms with E-state index in [4.69, 9.17) is 0 Å². The maximum atomic E-state index is 12.0. The fraction of sp³-hybridized carbons (Fsp3) is 0.933. The highest BCUT2D eigenvalue weighted by atomic mass is 32.2.